The summed E-state index contributed by atoms with van der Waals surface area (Å²) >= 11 is 6.45. The Kier molecular flexibility index (Phi) is 3.05. The third-order valence-corrected chi connectivity index (χ3v) is 4.28. The summed E-state index contributed by atoms with van der Waals surface area (Å²) in [6.45, 7) is 9.07. The molecule has 0 radical (unpaired) electrons. The maximum Gasteiger partial charge on any atom is 0.0596 e. The number of halogens is 1. The van der Waals surface area contributed by atoms with Crippen molar-refractivity contribution >= 4 is 11.6 Å². The molecular formula is C15H21Cl. The maximum absolute atomic E-state index is 6.45. The van der Waals surface area contributed by atoms with Crippen molar-refractivity contribution < 1.29 is 0 Å². The summed E-state index contributed by atoms with van der Waals surface area (Å²) in [7, 11) is 0. The lowest BCUT2D eigenvalue weighted by Crippen LogP contribution is -2.12. The molecule has 2 rings (SSSR count). The van der Waals surface area contributed by atoms with Gasteiger partial charge in [0, 0.05) is 0 Å². The molecular weight excluding hydrogens is 216 g/mol. The van der Waals surface area contributed by atoms with E-state index in [9.17, 15) is 0 Å². The third kappa shape index (κ3) is 1.78. The van der Waals surface area contributed by atoms with Crippen LogP contribution in [0.4, 0.5) is 0 Å². The number of fused-ring (bicyclic) bond motifs is 1. The predicted molar refractivity (Wildman–Crippen MR) is 71.4 cm³/mol. The first-order valence-corrected chi connectivity index (χ1v) is 6.73. The van der Waals surface area contributed by atoms with Crippen LogP contribution in [0.1, 0.15) is 61.7 Å². The predicted octanol–water partition coefficient (Wildman–Crippen LogP) is 4.77. The standard InChI is InChI=1S/C15H21Cl/c1-5-10-7-12-13(8-11(10)6-2)15(3,4)9-14(12)16/h7-8,14H,5-6,9H2,1-4H3. The average molecular weight is 237 g/mol. The van der Waals surface area contributed by atoms with E-state index in [1.165, 1.54) is 22.3 Å². The van der Waals surface area contributed by atoms with E-state index in [-0.39, 0.29) is 10.8 Å². The topological polar surface area (TPSA) is 0 Å². The fraction of sp³-hybridized carbons (Fsp3) is 0.600. The molecule has 0 bridgehead atoms. The fourth-order valence-corrected chi connectivity index (χ4v) is 3.45. The van der Waals surface area contributed by atoms with Crippen LogP contribution in [0.2, 0.25) is 0 Å². The molecule has 0 N–H and O–H groups in total. The molecule has 1 aliphatic carbocycles. The van der Waals surface area contributed by atoms with Gasteiger partial charge in [0.25, 0.3) is 0 Å². The Hall–Kier alpha value is -0.490. The highest BCUT2D eigenvalue weighted by atomic mass is 35.5. The highest BCUT2D eigenvalue weighted by Crippen LogP contribution is 2.48. The number of aryl methyl sites for hydroxylation is 2. The van der Waals surface area contributed by atoms with E-state index in [1.54, 1.807) is 0 Å². The Morgan fingerprint density at radius 1 is 1.19 bits per heavy atom. The first kappa shape index (κ1) is 12.0. The molecule has 0 spiro atoms. The monoisotopic (exact) mass is 236 g/mol. The molecule has 0 heterocycles. The van der Waals surface area contributed by atoms with Crippen LogP contribution in [0.25, 0.3) is 0 Å². The summed E-state index contributed by atoms with van der Waals surface area (Å²) in [4.78, 5) is 0. The zero-order chi connectivity index (χ0) is 11.9. The molecule has 0 saturated heterocycles. The Labute approximate surface area is 104 Å². The summed E-state index contributed by atoms with van der Waals surface area (Å²) in [6.07, 6.45) is 3.31. The van der Waals surface area contributed by atoms with Crippen molar-refractivity contribution in [2.75, 3.05) is 0 Å². The lowest BCUT2D eigenvalue weighted by molar-refractivity contribution is 0.516. The van der Waals surface area contributed by atoms with Crippen molar-refractivity contribution in [3.05, 3.63) is 34.4 Å². The van der Waals surface area contributed by atoms with Crippen molar-refractivity contribution in [3.63, 3.8) is 0 Å². The zero-order valence-electron chi connectivity index (χ0n) is 10.7. The SMILES string of the molecule is CCc1cc2c(cc1CC)C(C)(C)CC2Cl. The van der Waals surface area contributed by atoms with Gasteiger partial charge in [-0.25, -0.2) is 0 Å². The second-order valence-electron chi connectivity index (χ2n) is 5.47. The normalized spacial score (nSPS) is 22.2. The van der Waals surface area contributed by atoms with E-state index >= 15 is 0 Å². The highest BCUT2D eigenvalue weighted by molar-refractivity contribution is 6.21. The van der Waals surface area contributed by atoms with E-state index in [0.29, 0.717) is 0 Å². The molecule has 16 heavy (non-hydrogen) atoms. The number of alkyl halides is 1. The molecule has 1 heteroatoms. The van der Waals surface area contributed by atoms with Gasteiger partial charge in [0.15, 0.2) is 0 Å². The van der Waals surface area contributed by atoms with E-state index in [0.717, 1.165) is 19.3 Å². The fourth-order valence-electron chi connectivity index (χ4n) is 2.88. The minimum atomic E-state index is 0.209. The van der Waals surface area contributed by atoms with Gasteiger partial charge in [-0.1, -0.05) is 39.8 Å². The smallest absolute Gasteiger partial charge is 0.0596 e. The Morgan fingerprint density at radius 2 is 1.75 bits per heavy atom. The summed E-state index contributed by atoms with van der Waals surface area (Å²) in [5.74, 6) is 0. The van der Waals surface area contributed by atoms with Crippen LogP contribution in [-0.2, 0) is 18.3 Å². The van der Waals surface area contributed by atoms with Gasteiger partial charge >= 0.3 is 0 Å². The molecule has 0 saturated carbocycles. The molecule has 0 aromatic heterocycles. The maximum atomic E-state index is 6.45. The largest absolute Gasteiger partial charge is 0.118 e. The van der Waals surface area contributed by atoms with Crippen molar-refractivity contribution in [1.82, 2.24) is 0 Å². The van der Waals surface area contributed by atoms with Gasteiger partial charge in [-0.15, -0.1) is 11.6 Å². The summed E-state index contributed by atoms with van der Waals surface area (Å²) in [5.41, 5.74) is 6.07. The Balaban J connectivity index is 2.59. The summed E-state index contributed by atoms with van der Waals surface area (Å²) < 4.78 is 0. The van der Waals surface area contributed by atoms with Crippen LogP contribution in [0.3, 0.4) is 0 Å². The summed E-state index contributed by atoms with van der Waals surface area (Å²) in [5, 5.41) is 0.209. The Bertz CT molecular complexity index is 404. The van der Waals surface area contributed by atoms with E-state index in [4.69, 9.17) is 11.6 Å². The first-order chi connectivity index (χ1) is 7.49. The van der Waals surface area contributed by atoms with E-state index in [1.807, 2.05) is 0 Å². The number of hydrogen-bond acceptors (Lipinski definition) is 0. The van der Waals surface area contributed by atoms with Crippen molar-refractivity contribution in [3.8, 4) is 0 Å². The van der Waals surface area contributed by atoms with Gasteiger partial charge in [0.1, 0.15) is 0 Å². The molecule has 0 amide bonds. The molecule has 0 fully saturated rings. The first-order valence-electron chi connectivity index (χ1n) is 6.29. The van der Waals surface area contributed by atoms with Gasteiger partial charge in [0.05, 0.1) is 5.38 Å². The average Bonchev–Trinajstić information content (AvgIpc) is 2.47. The molecule has 88 valence electrons. The lowest BCUT2D eigenvalue weighted by Gasteiger charge is -2.20. The summed E-state index contributed by atoms with van der Waals surface area (Å²) in [6, 6.07) is 4.75. The van der Waals surface area contributed by atoms with Crippen molar-refractivity contribution in [2.24, 2.45) is 0 Å². The van der Waals surface area contributed by atoms with Gasteiger partial charge in [-0.3, -0.25) is 0 Å². The molecule has 1 aliphatic rings. The molecule has 1 atom stereocenters. The van der Waals surface area contributed by atoms with Gasteiger partial charge in [-0.2, -0.15) is 0 Å². The van der Waals surface area contributed by atoms with Crippen molar-refractivity contribution in [1.29, 1.82) is 0 Å². The van der Waals surface area contributed by atoms with Crippen LogP contribution in [0.15, 0.2) is 12.1 Å². The molecule has 1 aromatic rings. The van der Waals surface area contributed by atoms with Crippen LogP contribution < -0.4 is 0 Å². The van der Waals surface area contributed by atoms with Crippen LogP contribution in [0, 0.1) is 0 Å². The second-order valence-corrected chi connectivity index (χ2v) is 6.00. The Morgan fingerprint density at radius 3 is 2.31 bits per heavy atom. The van der Waals surface area contributed by atoms with Gasteiger partial charge in [-0.05, 0) is 46.9 Å². The molecule has 0 aliphatic heterocycles. The number of rotatable bonds is 2. The lowest BCUT2D eigenvalue weighted by atomic mass is 9.84. The van der Waals surface area contributed by atoms with Crippen LogP contribution in [0.5, 0.6) is 0 Å². The van der Waals surface area contributed by atoms with Gasteiger partial charge in [0.2, 0.25) is 0 Å². The minimum absolute atomic E-state index is 0.209. The molecule has 0 nitrogen and oxygen atoms in total. The molecule has 1 unspecified atom stereocenters. The van der Waals surface area contributed by atoms with Crippen LogP contribution >= 0.6 is 11.6 Å². The number of benzene rings is 1. The van der Waals surface area contributed by atoms with E-state index < -0.39 is 0 Å². The number of hydrogen-bond donors (Lipinski definition) is 0. The van der Waals surface area contributed by atoms with Gasteiger partial charge < -0.3 is 0 Å². The van der Waals surface area contributed by atoms with Crippen LogP contribution in [-0.4, -0.2) is 0 Å². The minimum Gasteiger partial charge on any atom is -0.118 e. The zero-order valence-corrected chi connectivity index (χ0v) is 11.5. The van der Waals surface area contributed by atoms with Crippen molar-refractivity contribution in [2.45, 2.75) is 57.7 Å². The highest BCUT2D eigenvalue weighted by Gasteiger charge is 2.36. The second kappa shape index (κ2) is 4.07. The quantitative estimate of drug-likeness (QED) is 0.649. The molecule has 1 aromatic carbocycles. The van der Waals surface area contributed by atoms with E-state index in [2.05, 4.69) is 39.8 Å². The third-order valence-electron chi connectivity index (χ3n) is 3.89.